The minimum Gasteiger partial charge on any atom is -0.349 e. The number of rotatable bonds is 5. The molecule has 0 aliphatic rings. The van der Waals surface area contributed by atoms with Gasteiger partial charge in [0.1, 0.15) is 0 Å². The van der Waals surface area contributed by atoms with Crippen molar-refractivity contribution >= 4 is 17.7 Å². The summed E-state index contributed by atoms with van der Waals surface area (Å²) in [4.78, 5) is 13.0. The van der Waals surface area contributed by atoms with E-state index in [9.17, 15) is 4.79 Å². The molecule has 0 aromatic heterocycles. The van der Waals surface area contributed by atoms with Crippen molar-refractivity contribution in [2.24, 2.45) is 11.7 Å². The van der Waals surface area contributed by atoms with Gasteiger partial charge in [-0.1, -0.05) is 6.92 Å². The van der Waals surface area contributed by atoms with E-state index in [1.165, 1.54) is 0 Å². The highest BCUT2D eigenvalue weighted by Crippen LogP contribution is 2.09. The van der Waals surface area contributed by atoms with Gasteiger partial charge in [-0.05, 0) is 0 Å². The Morgan fingerprint density at radius 2 is 2.17 bits per heavy atom. The van der Waals surface area contributed by atoms with Crippen molar-refractivity contribution in [3.05, 3.63) is 0 Å². The molecule has 4 heteroatoms. The highest BCUT2D eigenvalue weighted by molar-refractivity contribution is 7.99. The number of carbonyl (C=O) groups excluding carboxylic acids is 1. The van der Waals surface area contributed by atoms with Crippen LogP contribution in [0.3, 0.4) is 0 Å². The topological polar surface area (TPSA) is 46.3 Å². The fourth-order valence-corrected chi connectivity index (χ4v) is 1.68. The molecular formula is C8H18N2OS. The first-order valence-corrected chi connectivity index (χ1v) is 5.24. The molecule has 0 aliphatic heterocycles. The van der Waals surface area contributed by atoms with E-state index in [1.807, 2.05) is 6.92 Å². The van der Waals surface area contributed by atoms with Crippen LogP contribution in [0.1, 0.15) is 6.92 Å². The zero-order chi connectivity index (χ0) is 9.56. The second-order valence-corrected chi connectivity index (χ2v) is 4.15. The molecule has 1 atom stereocenters. The molecule has 1 amide bonds. The lowest BCUT2D eigenvalue weighted by Gasteiger charge is -2.15. The molecule has 3 nitrogen and oxygen atoms in total. The van der Waals surface area contributed by atoms with Crippen LogP contribution in [0.2, 0.25) is 0 Å². The van der Waals surface area contributed by atoms with Gasteiger partial charge >= 0.3 is 0 Å². The first-order valence-electron chi connectivity index (χ1n) is 4.08. The molecule has 0 saturated heterocycles. The Morgan fingerprint density at radius 3 is 2.58 bits per heavy atom. The molecule has 0 radical (unpaired) electrons. The summed E-state index contributed by atoms with van der Waals surface area (Å²) in [6, 6.07) is 0. The summed E-state index contributed by atoms with van der Waals surface area (Å²) in [7, 11) is 3.57. The Balaban J connectivity index is 3.57. The number of nitrogens with two attached hydrogens (primary N) is 1. The number of carbonyl (C=O) groups is 1. The maximum atomic E-state index is 11.3. The summed E-state index contributed by atoms with van der Waals surface area (Å²) < 4.78 is 0. The molecule has 0 bridgehead atoms. The molecule has 0 aromatic carbocycles. The lowest BCUT2D eigenvalue weighted by Crippen LogP contribution is -2.29. The van der Waals surface area contributed by atoms with Gasteiger partial charge in [0.25, 0.3) is 0 Å². The Bertz CT molecular complexity index is 139. The summed E-state index contributed by atoms with van der Waals surface area (Å²) in [5, 5.41) is 0. The van der Waals surface area contributed by atoms with E-state index >= 15 is 0 Å². The zero-order valence-electron chi connectivity index (χ0n) is 8.04. The van der Waals surface area contributed by atoms with E-state index in [1.54, 1.807) is 30.8 Å². The van der Waals surface area contributed by atoms with Gasteiger partial charge in [0, 0.05) is 38.1 Å². The Hall–Kier alpha value is -0.220. The Kier molecular flexibility index (Phi) is 6.20. The largest absolute Gasteiger partial charge is 0.349 e. The third kappa shape index (κ3) is 4.62. The highest BCUT2D eigenvalue weighted by atomic mass is 32.2. The summed E-state index contributed by atoms with van der Waals surface area (Å²) in [6.07, 6.45) is 0. The zero-order valence-corrected chi connectivity index (χ0v) is 8.86. The first kappa shape index (κ1) is 11.8. The quantitative estimate of drug-likeness (QED) is 0.638. The molecule has 0 saturated carbocycles. The van der Waals surface area contributed by atoms with E-state index in [0.29, 0.717) is 6.54 Å². The summed E-state index contributed by atoms with van der Waals surface area (Å²) >= 11 is 1.73. The monoisotopic (exact) mass is 190 g/mol. The van der Waals surface area contributed by atoms with Gasteiger partial charge in [-0.2, -0.15) is 11.8 Å². The lowest BCUT2D eigenvalue weighted by molar-refractivity contribution is -0.131. The molecular weight excluding hydrogens is 172 g/mol. The van der Waals surface area contributed by atoms with Crippen molar-refractivity contribution in [1.82, 2.24) is 4.90 Å². The van der Waals surface area contributed by atoms with Gasteiger partial charge < -0.3 is 10.6 Å². The van der Waals surface area contributed by atoms with E-state index in [0.717, 1.165) is 11.5 Å². The maximum Gasteiger partial charge on any atom is 0.225 e. The van der Waals surface area contributed by atoms with Gasteiger partial charge in [0.15, 0.2) is 0 Å². The normalized spacial score (nSPS) is 12.7. The average Bonchev–Trinajstić information content (AvgIpc) is 2.03. The van der Waals surface area contributed by atoms with Crippen molar-refractivity contribution in [3.63, 3.8) is 0 Å². The van der Waals surface area contributed by atoms with Crippen molar-refractivity contribution in [1.29, 1.82) is 0 Å². The van der Waals surface area contributed by atoms with Crippen LogP contribution >= 0.6 is 11.8 Å². The molecule has 0 aliphatic carbocycles. The van der Waals surface area contributed by atoms with E-state index in [-0.39, 0.29) is 11.8 Å². The average molecular weight is 190 g/mol. The van der Waals surface area contributed by atoms with Crippen molar-refractivity contribution in [2.75, 3.05) is 32.1 Å². The standard InChI is InChI=1S/C8H18N2OS/c1-7(6-12-5-4-9)8(11)10(2)3/h7H,4-6,9H2,1-3H3/t7-/m1/s1. The van der Waals surface area contributed by atoms with E-state index in [4.69, 9.17) is 5.73 Å². The van der Waals surface area contributed by atoms with Crippen molar-refractivity contribution < 1.29 is 4.79 Å². The maximum absolute atomic E-state index is 11.3. The lowest BCUT2D eigenvalue weighted by atomic mass is 10.2. The van der Waals surface area contributed by atoms with Gasteiger partial charge in [-0.25, -0.2) is 0 Å². The molecule has 0 fully saturated rings. The van der Waals surface area contributed by atoms with Gasteiger partial charge in [0.2, 0.25) is 5.91 Å². The minimum atomic E-state index is 0.108. The predicted molar refractivity (Wildman–Crippen MR) is 54.2 cm³/mol. The number of amides is 1. The molecule has 0 rings (SSSR count). The van der Waals surface area contributed by atoms with Gasteiger partial charge in [-0.15, -0.1) is 0 Å². The minimum absolute atomic E-state index is 0.108. The first-order chi connectivity index (χ1) is 5.59. The SMILES string of the molecule is C[C@H](CSCCN)C(=O)N(C)C. The predicted octanol–water partition coefficient (Wildman–Crippen LogP) is 0.403. The van der Waals surface area contributed by atoms with Crippen molar-refractivity contribution in [2.45, 2.75) is 6.92 Å². The second kappa shape index (κ2) is 6.31. The fraction of sp³-hybridized carbons (Fsp3) is 0.875. The van der Waals surface area contributed by atoms with Crippen molar-refractivity contribution in [3.8, 4) is 0 Å². The van der Waals surface area contributed by atoms with Crippen LogP contribution < -0.4 is 5.73 Å². The van der Waals surface area contributed by atoms with Crippen LogP contribution in [0.4, 0.5) is 0 Å². The summed E-state index contributed by atoms with van der Waals surface area (Å²) in [5.41, 5.74) is 5.33. The van der Waals surface area contributed by atoms with Crippen LogP contribution in [0, 0.1) is 5.92 Å². The fourth-order valence-electron chi connectivity index (χ4n) is 0.856. The molecule has 0 unspecified atom stereocenters. The van der Waals surface area contributed by atoms with Gasteiger partial charge in [0.05, 0.1) is 0 Å². The second-order valence-electron chi connectivity index (χ2n) is 3.00. The van der Waals surface area contributed by atoms with Crippen LogP contribution in [-0.2, 0) is 4.79 Å². The molecule has 12 heavy (non-hydrogen) atoms. The Morgan fingerprint density at radius 1 is 1.58 bits per heavy atom. The number of hydrogen-bond acceptors (Lipinski definition) is 3. The Labute approximate surface area is 78.7 Å². The number of nitrogens with zero attached hydrogens (tertiary/aromatic N) is 1. The molecule has 2 N–H and O–H groups in total. The van der Waals surface area contributed by atoms with Crippen LogP contribution in [0.15, 0.2) is 0 Å². The van der Waals surface area contributed by atoms with Gasteiger partial charge in [-0.3, -0.25) is 4.79 Å². The number of hydrogen-bond donors (Lipinski definition) is 1. The third-order valence-electron chi connectivity index (χ3n) is 1.49. The smallest absolute Gasteiger partial charge is 0.225 e. The van der Waals surface area contributed by atoms with Crippen LogP contribution in [0.25, 0.3) is 0 Å². The van der Waals surface area contributed by atoms with E-state index in [2.05, 4.69) is 0 Å². The highest BCUT2D eigenvalue weighted by Gasteiger charge is 2.13. The van der Waals surface area contributed by atoms with Crippen LogP contribution in [-0.4, -0.2) is 43.0 Å². The third-order valence-corrected chi connectivity index (χ3v) is 2.75. The van der Waals surface area contributed by atoms with E-state index < -0.39 is 0 Å². The molecule has 0 aromatic rings. The summed E-state index contributed by atoms with van der Waals surface area (Å²) in [6.45, 7) is 2.64. The molecule has 0 heterocycles. The number of thioether (sulfide) groups is 1. The molecule has 0 spiro atoms. The van der Waals surface area contributed by atoms with Crippen LogP contribution in [0.5, 0.6) is 0 Å². The molecule has 72 valence electrons. The summed E-state index contributed by atoms with van der Waals surface area (Å²) in [5.74, 6) is 2.11.